The van der Waals surface area contributed by atoms with Crippen molar-refractivity contribution in [2.24, 2.45) is 41.4 Å². The van der Waals surface area contributed by atoms with Gasteiger partial charge in [0.15, 0.2) is 0 Å². The molecule has 2 unspecified atom stereocenters. The number of amides is 11. The molecule has 5 N–H and O–H groups in total. The molecule has 0 aliphatic carbocycles. The molecule has 1 rings (SSSR count). The Balaban J connectivity index is 4.51. The van der Waals surface area contributed by atoms with Gasteiger partial charge in [-0.1, -0.05) is 116 Å². The van der Waals surface area contributed by atoms with Crippen LogP contribution in [0.3, 0.4) is 0 Å². The van der Waals surface area contributed by atoms with Crippen LogP contribution in [-0.2, 0) is 62.3 Å². The Morgan fingerprint density at radius 1 is 0.494 bits per heavy atom. The first-order valence-corrected chi connectivity index (χ1v) is 31.6. The molecule has 25 heteroatoms. The normalized spacial score (nSPS) is 27.3. The van der Waals surface area contributed by atoms with Gasteiger partial charge in [-0.05, 0) is 94.3 Å². The van der Waals surface area contributed by atoms with Crippen molar-refractivity contribution in [1.82, 2.24) is 55.6 Å². The standard InChI is InChI=1S/C64H113N11O14/c1-26-29-30-40(15)52(76)50-56(80)67-43(28-3)58(82)75(24)51(64(88)89-25)63(87)73(22)49(39(14)27-2)55(79)68-47(37(10)11)61(85)69(18)44(31-34(4)5)54(78)65-41(16)53(77)66-42(17)57(81)70(19)45(32-35(6)7)59(83)71(20)46(33-36(8)9)60(84)72(21)48(38(12)13)62(86)74(50)23/h26,29,34-52,76H,27-28,30-33H2,1-25H3,(H,65,78)(H,66,77)(H,67,80)(H,68,79)/t39?,40-,41+,42-,43+,44+,45+,46+,47+,48+,49+,50+,51?,52-/m1/s1. The zero-order chi connectivity index (χ0) is 69.1. The number of methoxy groups -OCH3 is 1. The molecule has 1 saturated heterocycles. The lowest BCUT2D eigenvalue weighted by Crippen LogP contribution is -2.64. The third kappa shape index (κ3) is 21.2. The van der Waals surface area contributed by atoms with E-state index in [2.05, 4.69) is 21.3 Å². The first-order valence-electron chi connectivity index (χ1n) is 31.6. The van der Waals surface area contributed by atoms with Crippen LogP contribution in [0.2, 0.25) is 0 Å². The minimum absolute atomic E-state index is 0.113. The fourth-order valence-corrected chi connectivity index (χ4v) is 11.2. The molecule has 11 amide bonds. The van der Waals surface area contributed by atoms with Crippen LogP contribution in [0.4, 0.5) is 0 Å². The highest BCUT2D eigenvalue weighted by molar-refractivity contribution is 6.07. The van der Waals surface area contributed by atoms with Crippen LogP contribution in [0, 0.1) is 41.4 Å². The highest BCUT2D eigenvalue weighted by Gasteiger charge is 2.48. The number of likely N-dealkylation sites (N-methyl/N-ethyl adjacent to an activating group) is 7. The molecule has 0 radical (unpaired) electrons. The number of carbonyl (C=O) groups is 12. The monoisotopic (exact) mass is 1260 g/mol. The summed E-state index contributed by atoms with van der Waals surface area (Å²) in [6.07, 6.45) is 2.73. The largest absolute Gasteiger partial charge is 0.467 e. The number of aliphatic hydroxyl groups excluding tert-OH is 1. The van der Waals surface area contributed by atoms with Crippen LogP contribution in [-0.4, -0.2) is 239 Å². The van der Waals surface area contributed by atoms with E-state index in [0.29, 0.717) is 6.42 Å². The number of aliphatic hydroxyl groups is 1. The summed E-state index contributed by atoms with van der Waals surface area (Å²) in [7, 11) is 10.4. The molecule has 508 valence electrons. The van der Waals surface area contributed by atoms with Gasteiger partial charge in [0.05, 0.1) is 13.2 Å². The van der Waals surface area contributed by atoms with Gasteiger partial charge in [-0.3, -0.25) is 52.7 Å². The molecule has 1 aliphatic rings. The Morgan fingerprint density at radius 3 is 1.38 bits per heavy atom. The summed E-state index contributed by atoms with van der Waals surface area (Å²) in [5.74, 6) is -12.9. The van der Waals surface area contributed by atoms with Crippen molar-refractivity contribution >= 4 is 70.9 Å². The number of carbonyl (C=O) groups excluding carboxylic acids is 12. The average molecular weight is 1260 g/mol. The molecule has 1 fully saturated rings. The fraction of sp³-hybridized carbons (Fsp3) is 0.781. The maximum absolute atomic E-state index is 15.2. The number of hydrogen-bond donors (Lipinski definition) is 5. The van der Waals surface area contributed by atoms with E-state index >= 15 is 9.59 Å². The highest BCUT2D eigenvalue weighted by Crippen LogP contribution is 2.26. The number of esters is 1. The van der Waals surface area contributed by atoms with E-state index in [4.69, 9.17) is 4.74 Å². The lowest BCUT2D eigenvalue weighted by Gasteiger charge is -2.41. The fourth-order valence-electron chi connectivity index (χ4n) is 11.2. The van der Waals surface area contributed by atoms with Gasteiger partial charge in [-0.15, -0.1) is 0 Å². The zero-order valence-corrected chi connectivity index (χ0v) is 58.3. The molecule has 89 heavy (non-hydrogen) atoms. The minimum atomic E-state index is -2.04. The third-order valence-corrected chi connectivity index (χ3v) is 17.1. The van der Waals surface area contributed by atoms with Gasteiger partial charge < -0.3 is 65.4 Å². The lowest BCUT2D eigenvalue weighted by molar-refractivity contribution is -0.162. The Hall–Kier alpha value is -6.66. The van der Waals surface area contributed by atoms with Crippen molar-refractivity contribution in [3.8, 4) is 0 Å². The lowest BCUT2D eigenvalue weighted by atomic mass is 9.91. The van der Waals surface area contributed by atoms with Gasteiger partial charge in [0.2, 0.25) is 65.1 Å². The number of allylic oxidation sites excluding steroid dienone is 2. The smallest absolute Gasteiger partial charge is 0.338 e. The van der Waals surface area contributed by atoms with Crippen LogP contribution >= 0.6 is 0 Å². The zero-order valence-electron chi connectivity index (χ0n) is 58.3. The second kappa shape index (κ2) is 36.3. The van der Waals surface area contributed by atoms with Crippen molar-refractivity contribution in [3.05, 3.63) is 12.2 Å². The average Bonchev–Trinajstić information content (AvgIpc) is 1.22. The van der Waals surface area contributed by atoms with E-state index < -0.39 is 167 Å². The summed E-state index contributed by atoms with van der Waals surface area (Å²) in [5.41, 5.74) is 0. The molecule has 0 aromatic heterocycles. The molecule has 14 atom stereocenters. The van der Waals surface area contributed by atoms with Crippen molar-refractivity contribution < 1.29 is 67.4 Å². The molecule has 0 bridgehead atoms. The van der Waals surface area contributed by atoms with Crippen LogP contribution < -0.4 is 21.3 Å². The van der Waals surface area contributed by atoms with E-state index in [9.17, 15) is 53.1 Å². The topological polar surface area (TPSA) is 305 Å². The Bertz CT molecular complexity index is 2490. The Kier molecular flexibility index (Phi) is 32.7. The molecular formula is C64H113N11O14. The minimum Gasteiger partial charge on any atom is -0.467 e. The quantitative estimate of drug-likeness (QED) is 0.0844. The van der Waals surface area contributed by atoms with E-state index in [1.54, 1.807) is 74.5 Å². The molecule has 0 saturated carbocycles. The second-order valence-electron chi connectivity index (χ2n) is 26.4. The van der Waals surface area contributed by atoms with Crippen LogP contribution in [0.5, 0.6) is 0 Å². The maximum atomic E-state index is 15.2. The summed E-state index contributed by atoms with van der Waals surface area (Å²) in [6, 6.07) is -15.3. The van der Waals surface area contributed by atoms with Crippen molar-refractivity contribution in [1.29, 1.82) is 0 Å². The number of rotatable bonds is 16. The maximum Gasteiger partial charge on any atom is 0.338 e. The second-order valence-corrected chi connectivity index (χ2v) is 26.4. The van der Waals surface area contributed by atoms with Gasteiger partial charge in [-0.2, -0.15) is 0 Å². The Morgan fingerprint density at radius 2 is 0.933 bits per heavy atom. The molecule has 0 spiro atoms. The van der Waals surface area contributed by atoms with E-state index in [1.807, 2.05) is 41.5 Å². The summed E-state index contributed by atoms with van der Waals surface area (Å²) in [5, 5.41) is 23.0. The first kappa shape index (κ1) is 80.4. The van der Waals surface area contributed by atoms with Crippen LogP contribution in [0.1, 0.15) is 156 Å². The molecule has 1 aliphatic heterocycles. The summed E-state index contributed by atoms with van der Waals surface area (Å²) in [6.45, 7) is 29.1. The van der Waals surface area contributed by atoms with E-state index in [0.717, 1.165) is 28.9 Å². The predicted octanol–water partition coefficient (Wildman–Crippen LogP) is 2.81. The molecule has 25 nitrogen and oxygen atoms in total. The van der Waals surface area contributed by atoms with E-state index in [1.165, 1.54) is 75.7 Å². The van der Waals surface area contributed by atoms with Gasteiger partial charge in [0.25, 0.3) is 5.91 Å². The van der Waals surface area contributed by atoms with Gasteiger partial charge in [0.1, 0.15) is 60.4 Å². The predicted molar refractivity (Wildman–Crippen MR) is 339 cm³/mol. The number of nitrogens with zero attached hydrogens (tertiary/aromatic N) is 7. The SMILES string of the molecule is CC=CC[C@@H](C)[C@@H](O)[C@H]1C(=O)N[C@@H](CC)C(=O)N(C)C(C(=O)OC)C(=O)N(C)[C@@H](C(C)CC)C(=O)N[C@@H](C(C)C)C(=O)N(C)[C@@H](CC(C)C)C(=O)N[C@@H](C)C(=O)N[C@H](C)C(=O)N(C)[C@@H](CC(C)C)C(=O)N(C)[C@@H](CC(C)C)C(=O)N(C)[C@@H](C(C)C)C(=O)N1C. The van der Waals surface area contributed by atoms with Gasteiger partial charge in [-0.25, -0.2) is 4.79 Å². The van der Waals surface area contributed by atoms with Crippen LogP contribution in [0.25, 0.3) is 0 Å². The number of hydrogen-bond acceptors (Lipinski definition) is 14. The molecule has 1 heterocycles. The summed E-state index contributed by atoms with van der Waals surface area (Å²) < 4.78 is 5.09. The highest BCUT2D eigenvalue weighted by atomic mass is 16.5. The molecule has 0 aromatic rings. The summed E-state index contributed by atoms with van der Waals surface area (Å²) >= 11 is 0. The van der Waals surface area contributed by atoms with Crippen molar-refractivity contribution in [2.75, 3.05) is 56.4 Å². The number of ether oxygens (including phenoxy) is 1. The first-order chi connectivity index (χ1) is 41.1. The van der Waals surface area contributed by atoms with Gasteiger partial charge >= 0.3 is 5.97 Å². The van der Waals surface area contributed by atoms with Gasteiger partial charge in [0, 0.05) is 49.3 Å². The number of nitrogens with one attached hydrogen (secondary N) is 4. The molecule has 0 aromatic carbocycles. The van der Waals surface area contributed by atoms with E-state index in [-0.39, 0.29) is 49.9 Å². The van der Waals surface area contributed by atoms with Crippen molar-refractivity contribution in [3.63, 3.8) is 0 Å². The van der Waals surface area contributed by atoms with Crippen molar-refractivity contribution in [2.45, 2.75) is 229 Å². The Labute approximate surface area is 530 Å². The summed E-state index contributed by atoms with van der Waals surface area (Å²) in [4.78, 5) is 184. The molecular weight excluding hydrogens is 1150 g/mol. The third-order valence-electron chi connectivity index (χ3n) is 17.1. The van der Waals surface area contributed by atoms with Crippen LogP contribution in [0.15, 0.2) is 12.2 Å².